The molecular weight excluding hydrogens is 1260 g/mol. The van der Waals surface area contributed by atoms with E-state index in [0.717, 1.165) is 44.9 Å². The number of anilines is 3. The maximum Gasteiger partial charge on any atom is 0.402 e. The Hall–Kier alpha value is -8.33. The summed E-state index contributed by atoms with van der Waals surface area (Å²) >= 11 is 0. The average molecular weight is 1340 g/mol. The zero-order chi connectivity index (χ0) is 66.9. The third kappa shape index (κ3) is 27.0. The summed E-state index contributed by atoms with van der Waals surface area (Å²) in [5, 5.41) is 5.88. The third-order valence-electron chi connectivity index (χ3n) is 12.9. The number of nitrogens with zero attached hydrogens (tertiary/aromatic N) is 12. The van der Waals surface area contributed by atoms with Crippen molar-refractivity contribution in [2.75, 3.05) is 49.3 Å². The van der Waals surface area contributed by atoms with Gasteiger partial charge in [-0.2, -0.15) is 0 Å². The van der Waals surface area contributed by atoms with Gasteiger partial charge in [0.25, 0.3) is 0 Å². The number of carbonyl (C=O) groups excluding carboxylic acids is 1. The van der Waals surface area contributed by atoms with E-state index in [0.29, 0.717) is 89.2 Å². The number of nitrogens with two attached hydrogens (primary N) is 3. The minimum absolute atomic E-state index is 0.0464. The number of rotatable bonds is 36. The number of amides is 1. The molecule has 32 heteroatoms. The van der Waals surface area contributed by atoms with Crippen molar-refractivity contribution in [3.63, 3.8) is 0 Å². The van der Waals surface area contributed by atoms with E-state index >= 15 is 0 Å². The molecule has 0 aliphatic rings. The molecule has 0 fully saturated rings. The number of fused-ring (bicyclic) bond motifs is 3. The van der Waals surface area contributed by atoms with Crippen molar-refractivity contribution >= 4 is 79.6 Å². The number of benzene rings is 2. The van der Waals surface area contributed by atoms with Crippen molar-refractivity contribution < 1.29 is 56.4 Å². The molecule has 6 heterocycles. The van der Waals surface area contributed by atoms with Crippen molar-refractivity contribution in [3.8, 4) is 11.5 Å². The van der Waals surface area contributed by atoms with Gasteiger partial charge >= 0.3 is 22.7 Å². The lowest BCUT2D eigenvalue weighted by Crippen LogP contribution is -2.32. The Morgan fingerprint density at radius 3 is 1.35 bits per heavy atom. The number of hydrogen-bond acceptors (Lipinski definition) is 21. The molecule has 2 unspecified atom stereocenters. The summed E-state index contributed by atoms with van der Waals surface area (Å²) in [4.78, 5) is 76.4. The number of nitrogens with one attached hydrogen (secondary N) is 2. The lowest BCUT2D eigenvalue weighted by atomic mass is 10.2. The zero-order valence-electron chi connectivity index (χ0n) is 52.5. The Morgan fingerprint density at radius 1 is 0.527 bits per heavy atom. The van der Waals surface area contributed by atoms with E-state index in [1.165, 1.54) is 25.3 Å². The van der Waals surface area contributed by atoms with Gasteiger partial charge in [0.05, 0.1) is 56.9 Å². The largest absolute Gasteiger partial charge is 0.431 e. The first-order valence-corrected chi connectivity index (χ1v) is 35.4. The average Bonchev–Trinajstić information content (AvgIpc) is 3.72. The van der Waals surface area contributed by atoms with Crippen molar-refractivity contribution in [1.82, 2.24) is 69.0 Å². The molecule has 500 valence electrons. The van der Waals surface area contributed by atoms with Crippen molar-refractivity contribution in [3.05, 3.63) is 159 Å². The van der Waals surface area contributed by atoms with E-state index in [-0.39, 0.29) is 36.8 Å². The van der Waals surface area contributed by atoms with Crippen LogP contribution in [0.2, 0.25) is 0 Å². The van der Waals surface area contributed by atoms with Gasteiger partial charge in [0.1, 0.15) is 59.7 Å². The molecule has 93 heavy (non-hydrogen) atoms. The second-order valence-electron chi connectivity index (χ2n) is 20.9. The molecule has 1 amide bonds. The molecule has 0 bridgehead atoms. The molecule has 0 spiro atoms. The second kappa shape index (κ2) is 38.6. The highest BCUT2D eigenvalue weighted by atomic mass is 31.2. The van der Waals surface area contributed by atoms with Crippen LogP contribution in [0.25, 0.3) is 33.5 Å². The molecule has 8 aromatic rings. The summed E-state index contributed by atoms with van der Waals surface area (Å²) in [7, 11) is -11.5. The first-order valence-electron chi connectivity index (χ1n) is 30.0. The zero-order valence-corrected chi connectivity index (χ0v) is 55.2. The fraction of sp³-hybridized carbons (Fsp3) is 0.377. The fourth-order valence-electron chi connectivity index (χ4n) is 8.45. The monoisotopic (exact) mass is 1340 g/mol. The Labute approximate surface area is 540 Å². The molecule has 0 aliphatic carbocycles. The summed E-state index contributed by atoms with van der Waals surface area (Å²) < 4.78 is 69.3. The Bertz CT molecular complexity index is 3860. The summed E-state index contributed by atoms with van der Waals surface area (Å²) in [6.07, 6.45) is 35.1. The quantitative estimate of drug-likeness (QED) is 0.0103. The molecule has 6 aromatic heterocycles. The molecule has 0 saturated carbocycles. The van der Waals surface area contributed by atoms with E-state index in [1.54, 1.807) is 90.2 Å². The van der Waals surface area contributed by atoms with Crippen LogP contribution >= 0.6 is 22.7 Å². The molecule has 8 rings (SSSR count). The van der Waals surface area contributed by atoms with E-state index in [4.69, 9.17) is 50.2 Å². The van der Waals surface area contributed by atoms with Crippen LogP contribution in [0.3, 0.4) is 0 Å². The Morgan fingerprint density at radius 2 is 0.925 bits per heavy atom. The number of aromatic nitrogens is 12. The number of ether oxygens (including phenoxy) is 3. The smallest absolute Gasteiger partial charge is 0.402 e. The molecule has 29 nitrogen and oxygen atoms in total. The number of unbranched alkanes of at least 4 members (excludes halogenated alkanes) is 1. The van der Waals surface area contributed by atoms with Crippen LogP contribution in [0.5, 0.6) is 11.5 Å². The topological polar surface area (TPSA) is 408 Å². The highest BCUT2D eigenvalue weighted by Crippen LogP contribution is 2.44. The predicted octanol–water partition coefficient (Wildman–Crippen LogP) is 9.65. The maximum absolute atomic E-state index is 13.8. The van der Waals surface area contributed by atoms with Crippen LogP contribution in [0.15, 0.2) is 159 Å². The molecule has 5 atom stereocenters. The number of allylic oxidation sites excluding steroid dienone is 10. The first kappa shape index (κ1) is 73.7. The number of para-hydroxylation sites is 2. The van der Waals surface area contributed by atoms with Gasteiger partial charge in [0.15, 0.2) is 40.7 Å². The minimum atomic E-state index is -4.16. The number of carbonyl (C=O) groups is 1. The number of hydrogen-bond donors (Lipinski definition) is 8. The minimum Gasteiger partial charge on any atom is -0.431 e. The second-order valence-corrected chi connectivity index (χ2v) is 26.4. The SMILES string of the molecule is CC/C=C\C/C=C\C/C=C\C/C=C\C/C=C\CCCC(=O)NCCNP(=O)(CO[C@H](C)Cn1cnc2c(N)ncnc21)Oc1ccccc1.C[C@H](Cn1cnc2c(N)ncnc21)OCP(=O)(O)O.C[C@H](Cn1cnc2c(N)ncnc21)OCP(=O)(O)Oc1ccccc1. The summed E-state index contributed by atoms with van der Waals surface area (Å²) in [5.41, 5.74) is 20.5. The fourth-order valence-corrected chi connectivity index (χ4v) is 11.4. The summed E-state index contributed by atoms with van der Waals surface area (Å²) in [5.74, 6) is 1.62. The van der Waals surface area contributed by atoms with E-state index in [1.807, 2.05) is 17.6 Å². The van der Waals surface area contributed by atoms with Gasteiger partial charge in [-0.25, -0.2) is 54.5 Å². The van der Waals surface area contributed by atoms with Crippen LogP contribution in [0.4, 0.5) is 17.5 Å². The van der Waals surface area contributed by atoms with Crippen LogP contribution in [0, 0.1) is 0 Å². The van der Waals surface area contributed by atoms with Gasteiger partial charge < -0.3 is 74.2 Å². The van der Waals surface area contributed by atoms with Gasteiger partial charge in [-0.15, -0.1) is 0 Å². The van der Waals surface area contributed by atoms with Crippen LogP contribution in [0.1, 0.15) is 79.1 Å². The van der Waals surface area contributed by atoms with Gasteiger partial charge in [-0.3, -0.25) is 13.9 Å². The molecule has 0 radical (unpaired) electrons. The normalized spacial score (nSPS) is 14.3. The van der Waals surface area contributed by atoms with E-state index in [9.17, 15) is 23.4 Å². The summed E-state index contributed by atoms with van der Waals surface area (Å²) in [6.45, 7) is 9.20. The molecule has 0 saturated heterocycles. The van der Waals surface area contributed by atoms with Gasteiger partial charge in [0, 0.05) is 19.5 Å². The predicted molar refractivity (Wildman–Crippen MR) is 358 cm³/mol. The Kier molecular flexibility index (Phi) is 30.6. The molecule has 0 aliphatic heterocycles. The summed E-state index contributed by atoms with van der Waals surface area (Å²) in [6, 6.07) is 17.4. The van der Waals surface area contributed by atoms with E-state index < -0.39 is 41.5 Å². The Balaban J connectivity index is 0.000000256. The lowest BCUT2D eigenvalue weighted by Gasteiger charge is -2.23. The molecule has 11 N–H and O–H groups in total. The van der Waals surface area contributed by atoms with Gasteiger partial charge in [-0.1, -0.05) is 104 Å². The van der Waals surface area contributed by atoms with Crippen LogP contribution in [-0.2, 0) is 52.3 Å². The highest BCUT2D eigenvalue weighted by Gasteiger charge is 2.27. The number of nitrogen functional groups attached to an aromatic ring is 3. The van der Waals surface area contributed by atoms with Crippen LogP contribution in [-0.4, -0.2) is 130 Å². The van der Waals surface area contributed by atoms with Crippen molar-refractivity contribution in [2.45, 2.75) is 117 Å². The highest BCUT2D eigenvalue weighted by molar-refractivity contribution is 7.57. The maximum atomic E-state index is 13.8. The van der Waals surface area contributed by atoms with Gasteiger partial charge in [0.2, 0.25) is 5.91 Å². The molecule has 2 aromatic carbocycles. The van der Waals surface area contributed by atoms with Crippen molar-refractivity contribution in [2.24, 2.45) is 0 Å². The first-order chi connectivity index (χ1) is 44.7. The molecular formula is C61H84N17O12P3. The van der Waals surface area contributed by atoms with E-state index in [2.05, 4.69) is 123 Å². The van der Waals surface area contributed by atoms with Gasteiger partial charge in [-0.05, 0) is 90.0 Å². The van der Waals surface area contributed by atoms with Crippen LogP contribution < -0.4 is 36.7 Å². The third-order valence-corrected chi connectivity index (χ3v) is 16.1. The van der Waals surface area contributed by atoms with Crippen molar-refractivity contribution in [1.29, 1.82) is 0 Å². The lowest BCUT2D eigenvalue weighted by molar-refractivity contribution is -0.121. The standard InChI is InChI=1S/C37H52N7O4P.C15H18N5O4P.C9H14N5O4P/c1-3-4-5-6-7-8-9-10-11-12-13-14-15-16-17-18-22-25-34(45)39-26-27-43-49(46,48-33-23-20-19-21-24-33)31-47-32(2)28-44-30-42-35-36(38)40-29-41-37(35)44;1-11(7-20-9-19-13-14(16)17-8-18-15(13)20)23-10-25(21,22)24-12-5-3-2-4-6-12;1-6(18-5-19(15,16)17)2-14-4-13-7-8(10)11-3-12-9(7)14/h4-5,7-8,10-11,13-14,16-17,19-21,23-24,29-30,32H,3,6,9,12,15,18,22,25-28,31H2,1-2H3,(H,39,45)(H,43,46)(H2,38,40,41);2-6,8-9,11H,7,10H2,1H3,(H,21,22)(H2,16,17,18);3-4,6H,2,5H2,1H3,(H2,10,11,12)(H2,15,16,17)/b5-4-,8-7-,11-10-,14-13-,17-16-;;/t32-,49?;11-;6-/m111/s1. The number of imidazole rings is 3.